The van der Waals surface area contributed by atoms with Crippen LogP contribution in [0.1, 0.15) is 55.4 Å². The summed E-state index contributed by atoms with van der Waals surface area (Å²) in [4.78, 5) is 32.9. The van der Waals surface area contributed by atoms with Gasteiger partial charge in [0.15, 0.2) is 5.76 Å². The zero-order valence-corrected chi connectivity index (χ0v) is 19.9. The molecule has 6 rings (SSSR count). The molecule has 1 amide bonds. The van der Waals surface area contributed by atoms with Crippen LogP contribution in [0.4, 0.5) is 10.7 Å². The van der Waals surface area contributed by atoms with Crippen LogP contribution in [0.25, 0.3) is 0 Å². The fourth-order valence-electron chi connectivity index (χ4n) is 5.86. The lowest BCUT2D eigenvalue weighted by Crippen LogP contribution is -2.37. The third kappa shape index (κ3) is 4.27. The number of phenols is 1. The van der Waals surface area contributed by atoms with Crippen LogP contribution >= 0.6 is 0 Å². The van der Waals surface area contributed by atoms with E-state index in [0.717, 1.165) is 37.1 Å². The molecule has 36 heavy (non-hydrogen) atoms. The van der Waals surface area contributed by atoms with Crippen LogP contribution in [0, 0.1) is 21.4 Å². The number of carbonyl (C=O) groups excluding carboxylic acids is 2. The number of cyclic esters (lactones) is 1. The molecule has 1 N–H and O–H groups in total. The van der Waals surface area contributed by atoms with Gasteiger partial charge < -0.3 is 14.3 Å². The fraction of sp³-hybridized carbons (Fsp3) is 0.423. The second-order valence-corrected chi connectivity index (χ2v) is 9.73. The zero-order valence-electron chi connectivity index (χ0n) is 19.9. The van der Waals surface area contributed by atoms with Crippen molar-refractivity contribution < 1.29 is 28.8 Å². The maximum Gasteiger partial charge on any atom is 0.433 e. The fourth-order valence-corrected chi connectivity index (χ4v) is 5.86. The van der Waals surface area contributed by atoms with E-state index < -0.39 is 11.0 Å². The molecule has 10 heteroatoms. The number of allylic oxidation sites excluding steroid dienone is 2. The number of ether oxygens (including phenoxy) is 1. The van der Waals surface area contributed by atoms with Crippen LogP contribution in [0.15, 0.2) is 51.5 Å². The molecule has 3 fully saturated rings. The van der Waals surface area contributed by atoms with Crippen molar-refractivity contribution in [3.63, 3.8) is 0 Å². The van der Waals surface area contributed by atoms with E-state index in [0.29, 0.717) is 29.9 Å². The Bertz CT molecular complexity index is 1280. The number of amides is 1. The van der Waals surface area contributed by atoms with Crippen LogP contribution in [0.3, 0.4) is 0 Å². The predicted octanol–water partition coefficient (Wildman–Crippen LogP) is 4.71. The number of nitrogens with zero attached hydrogens (tertiary/aromatic N) is 3. The summed E-state index contributed by atoms with van der Waals surface area (Å²) in [5, 5.41) is 24.8. The summed E-state index contributed by atoms with van der Waals surface area (Å²) >= 11 is 0. The molecule has 2 aromatic rings. The summed E-state index contributed by atoms with van der Waals surface area (Å²) in [6.07, 6.45) is 7.79. The maximum atomic E-state index is 12.2. The van der Waals surface area contributed by atoms with Crippen LogP contribution in [-0.2, 0) is 16.0 Å². The highest BCUT2D eigenvalue weighted by molar-refractivity contribution is 5.88. The smallest absolute Gasteiger partial charge is 0.433 e. The molecule has 1 aliphatic heterocycles. The number of nitro groups is 1. The summed E-state index contributed by atoms with van der Waals surface area (Å²) < 4.78 is 9.44. The Morgan fingerprint density at radius 2 is 2.08 bits per heavy atom. The van der Waals surface area contributed by atoms with Gasteiger partial charge in [-0.15, -0.1) is 0 Å². The van der Waals surface area contributed by atoms with Gasteiger partial charge in [0.05, 0.1) is 18.8 Å². The second kappa shape index (κ2) is 9.25. The van der Waals surface area contributed by atoms with Crippen molar-refractivity contribution in [3.05, 3.63) is 69.0 Å². The molecule has 1 aromatic carbocycles. The average Bonchev–Trinajstić information content (AvgIpc) is 3.57. The predicted molar refractivity (Wildman–Crippen MR) is 129 cm³/mol. The molecule has 3 unspecified atom stereocenters. The minimum atomic E-state index is -0.651. The number of aromatic hydroxyl groups is 1. The van der Waals surface area contributed by atoms with E-state index in [-0.39, 0.29) is 23.7 Å². The monoisotopic (exact) mass is 493 g/mol. The molecule has 10 nitrogen and oxygen atoms in total. The van der Waals surface area contributed by atoms with Gasteiger partial charge in [-0.1, -0.05) is 24.6 Å². The van der Waals surface area contributed by atoms with Gasteiger partial charge in [0.25, 0.3) is 0 Å². The number of rotatable bonds is 3. The molecule has 0 radical (unpaired) electrons. The quantitative estimate of drug-likeness (QED) is 0.283. The maximum absolute atomic E-state index is 12.2. The molecule has 1 saturated heterocycles. The summed E-state index contributed by atoms with van der Waals surface area (Å²) in [5.41, 5.74) is 4.03. The van der Waals surface area contributed by atoms with E-state index in [1.54, 1.807) is 6.07 Å². The third-order valence-electron chi connectivity index (χ3n) is 7.74. The molecule has 3 atom stereocenters. The normalized spacial score (nSPS) is 26.5. The lowest BCUT2D eigenvalue weighted by molar-refractivity contribution is -0.402. The van der Waals surface area contributed by atoms with Crippen molar-refractivity contribution in [2.75, 3.05) is 13.2 Å². The number of hydrogen-bond donors (Lipinski definition) is 1. The van der Waals surface area contributed by atoms with Crippen LogP contribution in [0.5, 0.6) is 5.75 Å². The van der Waals surface area contributed by atoms with Crippen molar-refractivity contribution >= 4 is 24.0 Å². The molecular formula is C26H27N3O7. The molecule has 3 aliphatic carbocycles. The van der Waals surface area contributed by atoms with Crippen molar-refractivity contribution in [3.8, 4) is 5.75 Å². The van der Waals surface area contributed by atoms with Gasteiger partial charge in [-0.3, -0.25) is 14.9 Å². The number of Topliss-reactive ketones (excluding diaryl/α,β-unsaturated/α-hetero) is 1. The molecule has 1 aromatic heterocycles. The Morgan fingerprint density at radius 1 is 1.25 bits per heavy atom. The van der Waals surface area contributed by atoms with Gasteiger partial charge >= 0.3 is 12.0 Å². The van der Waals surface area contributed by atoms with Crippen LogP contribution in [-0.4, -0.2) is 46.3 Å². The SMILES string of the molecule is CC12CCC3C(=CCc4cc(O)ccc43)C1CCC2=O.O=C1OCCN1N=Cc1ccc([N+](=O)[O-])o1. The first kappa shape index (κ1) is 23.8. The van der Waals surface area contributed by atoms with E-state index in [1.807, 2.05) is 6.07 Å². The number of fused-ring (bicyclic) bond motifs is 5. The lowest BCUT2D eigenvalue weighted by atomic mass is 9.60. The first-order valence-electron chi connectivity index (χ1n) is 12.0. The molecule has 188 valence electrons. The van der Waals surface area contributed by atoms with Gasteiger partial charge in [0.1, 0.15) is 23.1 Å². The molecular weight excluding hydrogens is 466 g/mol. The highest BCUT2D eigenvalue weighted by atomic mass is 16.6. The second-order valence-electron chi connectivity index (χ2n) is 9.73. The number of hydrazone groups is 1. The number of hydrogen-bond acceptors (Lipinski definition) is 8. The summed E-state index contributed by atoms with van der Waals surface area (Å²) in [5.74, 6) is 1.59. The Labute approximate surface area is 207 Å². The van der Waals surface area contributed by atoms with Crippen molar-refractivity contribution in [1.82, 2.24) is 5.01 Å². The van der Waals surface area contributed by atoms with Gasteiger partial charge in [0.2, 0.25) is 0 Å². The first-order chi connectivity index (χ1) is 17.3. The third-order valence-corrected chi connectivity index (χ3v) is 7.74. The van der Waals surface area contributed by atoms with Crippen LogP contribution in [0.2, 0.25) is 0 Å². The molecule has 0 bridgehead atoms. The summed E-state index contributed by atoms with van der Waals surface area (Å²) in [6.45, 7) is 2.82. The minimum Gasteiger partial charge on any atom is -0.508 e. The van der Waals surface area contributed by atoms with Crippen molar-refractivity contribution in [2.24, 2.45) is 16.4 Å². The standard InChI is InChI=1S/C18H20O2.C8H7N3O5/c1-18-9-8-14-13-5-3-12(19)10-11(13)2-4-15(14)16(18)6-7-17(18)20;12-8-10(3-4-15-8)9-5-6-1-2-7(16-6)11(13)14/h3-5,10,14,16,19H,2,6-9H2,1H3;1-2,5H,3-4H2. The number of ketones is 1. The van der Waals surface area contributed by atoms with Gasteiger partial charge in [-0.05, 0) is 60.9 Å². The molecule has 2 saturated carbocycles. The number of benzene rings is 1. The Hall–Kier alpha value is -3.95. The minimum absolute atomic E-state index is 0.100. The summed E-state index contributed by atoms with van der Waals surface area (Å²) in [7, 11) is 0. The Balaban J connectivity index is 0.000000152. The largest absolute Gasteiger partial charge is 0.508 e. The molecule has 0 spiro atoms. The highest BCUT2D eigenvalue weighted by Gasteiger charge is 2.52. The van der Waals surface area contributed by atoms with Gasteiger partial charge in [-0.2, -0.15) is 10.1 Å². The van der Waals surface area contributed by atoms with Crippen LogP contribution < -0.4 is 0 Å². The highest BCUT2D eigenvalue weighted by Crippen LogP contribution is 2.57. The average molecular weight is 494 g/mol. The van der Waals surface area contributed by atoms with Gasteiger partial charge in [0, 0.05) is 17.8 Å². The topological polar surface area (TPSA) is 135 Å². The van der Waals surface area contributed by atoms with Crippen molar-refractivity contribution in [1.29, 1.82) is 0 Å². The van der Waals surface area contributed by atoms with Crippen molar-refractivity contribution in [2.45, 2.75) is 44.9 Å². The number of carbonyl (C=O) groups is 2. The summed E-state index contributed by atoms with van der Waals surface area (Å²) in [6, 6.07) is 8.39. The van der Waals surface area contributed by atoms with E-state index >= 15 is 0 Å². The lowest BCUT2D eigenvalue weighted by Gasteiger charge is -2.43. The van der Waals surface area contributed by atoms with E-state index in [9.17, 15) is 24.8 Å². The number of phenolic OH excluding ortho intramolecular Hbond substituents is 1. The van der Waals surface area contributed by atoms with Gasteiger partial charge in [-0.25, -0.2) is 4.79 Å². The Kier molecular flexibility index (Phi) is 6.11. The Morgan fingerprint density at radius 3 is 2.81 bits per heavy atom. The van der Waals surface area contributed by atoms with E-state index in [1.165, 1.54) is 35.0 Å². The number of furan rings is 1. The first-order valence-corrected chi connectivity index (χ1v) is 12.0. The van der Waals surface area contributed by atoms with E-state index in [2.05, 4.69) is 28.9 Å². The molecule has 4 aliphatic rings. The van der Waals surface area contributed by atoms with E-state index in [4.69, 9.17) is 4.42 Å². The zero-order chi connectivity index (χ0) is 25.4. The molecule has 2 heterocycles.